The number of rotatable bonds is 3. The molecule has 4 heterocycles. The summed E-state index contributed by atoms with van der Waals surface area (Å²) in [6.45, 7) is 5.27. The minimum Gasteiger partial charge on any atom is -0.310 e. The highest BCUT2D eigenvalue weighted by Gasteiger charge is 2.70. The SMILES string of the molecule is Cc1cc2c3c(c1)C(F)(F)C(F)(F)N3c1cc(N(c3ccccc3)c3ccccc3)cc3c1B2c1cc(C)cc2c4cc(C)ccc4n-3c12. The van der Waals surface area contributed by atoms with Gasteiger partial charge in [-0.15, -0.1) is 0 Å². The van der Waals surface area contributed by atoms with Gasteiger partial charge >= 0.3 is 12.0 Å². The number of nitrogens with zero attached hydrogens (tertiary/aromatic N) is 3. The molecule has 0 fully saturated rings. The fourth-order valence-electron chi connectivity index (χ4n) is 8.63. The van der Waals surface area contributed by atoms with Crippen molar-refractivity contribution in [1.29, 1.82) is 0 Å². The van der Waals surface area contributed by atoms with E-state index in [4.69, 9.17) is 0 Å². The van der Waals surface area contributed by atoms with Crippen molar-refractivity contribution in [3.05, 3.63) is 138 Å². The molecule has 1 aromatic heterocycles. The van der Waals surface area contributed by atoms with E-state index >= 15 is 17.6 Å². The summed E-state index contributed by atoms with van der Waals surface area (Å²) < 4.78 is 67.5. The van der Waals surface area contributed by atoms with E-state index in [0.29, 0.717) is 32.8 Å². The van der Waals surface area contributed by atoms with E-state index in [-0.39, 0.29) is 11.4 Å². The number of hydrogen-bond acceptors (Lipinski definition) is 2. The van der Waals surface area contributed by atoms with Gasteiger partial charge in [0.2, 0.25) is 0 Å². The van der Waals surface area contributed by atoms with Gasteiger partial charge in [-0.2, -0.15) is 17.6 Å². The summed E-state index contributed by atoms with van der Waals surface area (Å²) in [6, 6.07) is 32.2. The molecule has 0 amide bonds. The molecule has 3 aliphatic rings. The summed E-state index contributed by atoms with van der Waals surface area (Å²) >= 11 is 0. The van der Waals surface area contributed by atoms with Gasteiger partial charge in [0.1, 0.15) is 0 Å². The van der Waals surface area contributed by atoms with Gasteiger partial charge in [0.15, 0.2) is 0 Å². The molecule has 0 bridgehead atoms. The Hall–Kier alpha value is -5.50. The summed E-state index contributed by atoms with van der Waals surface area (Å²) in [5, 5.41) is 2.11. The first kappa shape index (κ1) is 28.5. The lowest BCUT2D eigenvalue weighted by atomic mass is 9.33. The van der Waals surface area contributed by atoms with Crippen LogP contribution in [0.15, 0.2) is 115 Å². The molecule has 0 aliphatic carbocycles. The minimum atomic E-state index is -4.50. The number of para-hydroxylation sites is 2. The van der Waals surface area contributed by atoms with Crippen LogP contribution in [-0.2, 0) is 5.92 Å². The Morgan fingerprint density at radius 1 is 0.592 bits per heavy atom. The van der Waals surface area contributed by atoms with E-state index in [0.717, 1.165) is 49.8 Å². The maximum Gasteiger partial charge on any atom is 0.397 e. The molecule has 49 heavy (non-hydrogen) atoms. The van der Waals surface area contributed by atoms with Crippen LogP contribution in [0.4, 0.5) is 46.0 Å². The molecule has 0 spiro atoms. The number of hydrogen-bond donors (Lipinski definition) is 0. The zero-order valence-electron chi connectivity index (χ0n) is 26.9. The Kier molecular flexibility index (Phi) is 5.44. The molecule has 238 valence electrons. The largest absolute Gasteiger partial charge is 0.397 e. The number of benzene rings is 6. The van der Waals surface area contributed by atoms with Gasteiger partial charge in [-0.3, -0.25) is 4.90 Å². The molecule has 8 heteroatoms. The third-order valence-corrected chi connectivity index (χ3v) is 10.5. The predicted molar refractivity (Wildman–Crippen MR) is 192 cm³/mol. The molecular formula is C41H28BF4N3. The van der Waals surface area contributed by atoms with Gasteiger partial charge in [-0.05, 0) is 97.8 Å². The quantitative estimate of drug-likeness (QED) is 0.108. The molecule has 3 nitrogen and oxygen atoms in total. The second-order valence-corrected chi connectivity index (χ2v) is 13.6. The number of fused-ring (bicyclic) bond motifs is 7. The van der Waals surface area contributed by atoms with Crippen LogP contribution in [0.25, 0.3) is 27.5 Å². The molecule has 0 radical (unpaired) electrons. The van der Waals surface area contributed by atoms with Gasteiger partial charge in [-0.1, -0.05) is 71.3 Å². The Bertz CT molecular complexity index is 2520. The molecule has 6 aromatic carbocycles. The standard InChI is InChI=1S/C41H28BF4N3/c1-23-14-15-34-29(16-23)30-17-24(2)19-32-38(30)48(34)35-21-28(47(26-10-6-4-7-11-26)27-12-8-5-9-13-27)22-36-37(35)42(32)33-20-25(3)18-31-39(33)49(36)41(45,46)40(31,43)44/h4-22H,1-3H3. The number of halogens is 4. The van der Waals surface area contributed by atoms with Gasteiger partial charge < -0.3 is 9.47 Å². The molecule has 0 saturated heterocycles. The summed E-state index contributed by atoms with van der Waals surface area (Å²) in [6.07, 6.45) is 0. The normalized spacial score (nSPS) is 15.9. The van der Waals surface area contributed by atoms with E-state index < -0.39 is 24.2 Å². The Balaban J connectivity index is 1.41. The number of aryl methyl sites for hydroxylation is 3. The molecule has 0 atom stereocenters. The molecular weight excluding hydrogens is 621 g/mol. The third kappa shape index (κ3) is 3.53. The zero-order valence-corrected chi connectivity index (χ0v) is 26.9. The smallest absolute Gasteiger partial charge is 0.310 e. The Labute approximate surface area is 280 Å². The summed E-state index contributed by atoms with van der Waals surface area (Å²) in [4.78, 5) is 2.64. The monoisotopic (exact) mass is 649 g/mol. The van der Waals surface area contributed by atoms with Crippen LogP contribution in [0.2, 0.25) is 0 Å². The highest BCUT2D eigenvalue weighted by Crippen LogP contribution is 2.60. The third-order valence-electron chi connectivity index (χ3n) is 10.5. The number of alkyl halides is 4. The Morgan fingerprint density at radius 3 is 1.90 bits per heavy atom. The van der Waals surface area contributed by atoms with Gasteiger partial charge in [0.25, 0.3) is 6.71 Å². The minimum absolute atomic E-state index is 0.0865. The average Bonchev–Trinajstić information content (AvgIpc) is 3.48. The van der Waals surface area contributed by atoms with Crippen molar-refractivity contribution in [3.63, 3.8) is 0 Å². The first-order chi connectivity index (χ1) is 23.6. The van der Waals surface area contributed by atoms with Crippen LogP contribution < -0.4 is 26.2 Å². The molecule has 3 aliphatic heterocycles. The predicted octanol–water partition coefficient (Wildman–Crippen LogP) is 9.16. The molecule has 7 aromatic rings. The fourth-order valence-corrected chi connectivity index (χ4v) is 8.63. The summed E-state index contributed by atoms with van der Waals surface area (Å²) in [7, 11) is 0. The maximum atomic E-state index is 16.5. The van der Waals surface area contributed by atoms with Gasteiger partial charge in [0, 0.05) is 39.0 Å². The maximum absolute atomic E-state index is 16.5. The second kappa shape index (κ2) is 9.35. The van der Waals surface area contributed by atoms with Gasteiger partial charge in [-0.25, -0.2) is 0 Å². The summed E-state index contributed by atoms with van der Waals surface area (Å²) in [5.41, 5.74) is 8.86. The van der Waals surface area contributed by atoms with Crippen LogP contribution in [0, 0.1) is 20.8 Å². The first-order valence-corrected chi connectivity index (χ1v) is 16.4. The van der Waals surface area contributed by atoms with Crippen molar-refractivity contribution in [2.45, 2.75) is 32.7 Å². The van der Waals surface area contributed by atoms with Crippen molar-refractivity contribution in [2.75, 3.05) is 9.80 Å². The molecule has 0 unspecified atom stereocenters. The van der Waals surface area contributed by atoms with Crippen LogP contribution in [0.5, 0.6) is 0 Å². The lowest BCUT2D eigenvalue weighted by Crippen LogP contribution is -2.62. The zero-order chi connectivity index (χ0) is 33.6. The topological polar surface area (TPSA) is 11.4 Å². The lowest BCUT2D eigenvalue weighted by Gasteiger charge is -2.41. The van der Waals surface area contributed by atoms with Crippen molar-refractivity contribution in [2.24, 2.45) is 0 Å². The van der Waals surface area contributed by atoms with Crippen molar-refractivity contribution in [3.8, 4) is 5.69 Å². The van der Waals surface area contributed by atoms with Crippen LogP contribution in [0.3, 0.4) is 0 Å². The second-order valence-electron chi connectivity index (χ2n) is 13.6. The fraction of sp³-hybridized carbons (Fsp3) is 0.122. The van der Waals surface area contributed by atoms with Crippen molar-refractivity contribution < 1.29 is 17.6 Å². The van der Waals surface area contributed by atoms with E-state index in [2.05, 4.69) is 41.8 Å². The Morgan fingerprint density at radius 2 is 1.20 bits per heavy atom. The van der Waals surface area contributed by atoms with Crippen molar-refractivity contribution in [1.82, 2.24) is 4.57 Å². The van der Waals surface area contributed by atoms with Crippen molar-refractivity contribution >= 4 is 73.3 Å². The van der Waals surface area contributed by atoms with Crippen LogP contribution in [0.1, 0.15) is 22.3 Å². The van der Waals surface area contributed by atoms with Crippen LogP contribution in [-0.4, -0.2) is 17.3 Å². The lowest BCUT2D eigenvalue weighted by molar-refractivity contribution is -0.200. The van der Waals surface area contributed by atoms with Gasteiger partial charge in [0.05, 0.1) is 22.5 Å². The van der Waals surface area contributed by atoms with E-state index in [9.17, 15) is 0 Å². The van der Waals surface area contributed by atoms with Crippen LogP contribution >= 0.6 is 0 Å². The molecule has 0 saturated carbocycles. The average molecular weight is 650 g/mol. The number of aromatic nitrogens is 1. The summed E-state index contributed by atoms with van der Waals surface area (Å²) in [5.74, 6) is -4.40. The van der Waals surface area contributed by atoms with E-state index in [1.54, 1.807) is 13.0 Å². The highest BCUT2D eigenvalue weighted by molar-refractivity contribution is 7.00. The molecule has 0 N–H and O–H groups in total. The number of anilines is 5. The highest BCUT2D eigenvalue weighted by atomic mass is 19.3. The molecule has 10 rings (SSSR count). The first-order valence-electron chi connectivity index (χ1n) is 16.4. The van der Waals surface area contributed by atoms with E-state index in [1.807, 2.05) is 84.6 Å². The van der Waals surface area contributed by atoms with E-state index in [1.165, 1.54) is 6.07 Å².